The van der Waals surface area contributed by atoms with Gasteiger partial charge in [0, 0.05) is 4.47 Å². The van der Waals surface area contributed by atoms with Gasteiger partial charge >= 0.3 is 0 Å². The normalized spacial score (nSPS) is 10.7. The summed E-state index contributed by atoms with van der Waals surface area (Å²) in [6.45, 7) is 1.56. The number of aryl methyl sites for hydroxylation is 1. The smallest absolute Gasteiger partial charge is 0.181 e. The van der Waals surface area contributed by atoms with Crippen LogP contribution in [-0.4, -0.2) is 9.97 Å². The fourth-order valence-electron chi connectivity index (χ4n) is 1.08. The zero-order valence-corrected chi connectivity index (χ0v) is 10.7. The fraction of sp³-hybridized carbons (Fsp3) is 0.111. The molecule has 0 aliphatic heterocycles. The van der Waals surface area contributed by atoms with E-state index in [0.29, 0.717) is 5.82 Å². The number of hydrogen-bond donors (Lipinski definition) is 0. The summed E-state index contributed by atoms with van der Waals surface area (Å²) >= 11 is 10.5. The van der Waals surface area contributed by atoms with Crippen molar-refractivity contribution in [3.05, 3.63) is 32.6 Å². The Kier molecular flexibility index (Phi) is 3.04. The van der Waals surface area contributed by atoms with Gasteiger partial charge in [-0.25, -0.2) is 14.4 Å². The SMILES string of the molecule is Cc1nc(-c2sccc2Br)nc(Cl)c1F. The van der Waals surface area contributed by atoms with Gasteiger partial charge in [-0.1, -0.05) is 11.6 Å². The molecule has 0 aromatic carbocycles. The van der Waals surface area contributed by atoms with Crippen molar-refractivity contribution in [2.24, 2.45) is 0 Å². The Morgan fingerprint density at radius 3 is 2.73 bits per heavy atom. The van der Waals surface area contributed by atoms with E-state index in [1.54, 1.807) is 6.92 Å². The monoisotopic (exact) mass is 306 g/mol. The lowest BCUT2D eigenvalue weighted by atomic mass is 10.4. The average Bonchev–Trinajstić information content (AvgIpc) is 2.60. The second-order valence-corrected chi connectivity index (χ2v) is 4.96. The van der Waals surface area contributed by atoms with Crippen LogP contribution in [0.2, 0.25) is 5.15 Å². The van der Waals surface area contributed by atoms with E-state index in [1.165, 1.54) is 11.3 Å². The van der Waals surface area contributed by atoms with Crippen LogP contribution in [0.4, 0.5) is 4.39 Å². The van der Waals surface area contributed by atoms with Crippen molar-refractivity contribution in [1.29, 1.82) is 0 Å². The maximum absolute atomic E-state index is 13.2. The van der Waals surface area contributed by atoms with Crippen molar-refractivity contribution in [2.45, 2.75) is 6.92 Å². The molecular weight excluding hydrogens is 303 g/mol. The van der Waals surface area contributed by atoms with Crippen LogP contribution >= 0.6 is 38.9 Å². The molecule has 0 atom stereocenters. The van der Waals surface area contributed by atoms with E-state index >= 15 is 0 Å². The number of thiophene rings is 1. The first-order valence-corrected chi connectivity index (χ1v) is 6.07. The van der Waals surface area contributed by atoms with Gasteiger partial charge < -0.3 is 0 Å². The third kappa shape index (κ3) is 2.04. The van der Waals surface area contributed by atoms with Crippen LogP contribution in [-0.2, 0) is 0 Å². The first kappa shape index (κ1) is 11.0. The number of halogens is 3. The molecule has 2 heterocycles. The molecule has 0 N–H and O–H groups in total. The van der Waals surface area contributed by atoms with Gasteiger partial charge in [-0.2, -0.15) is 0 Å². The molecule has 78 valence electrons. The van der Waals surface area contributed by atoms with Crippen LogP contribution in [0.1, 0.15) is 5.69 Å². The molecule has 0 saturated heterocycles. The Morgan fingerprint density at radius 1 is 1.47 bits per heavy atom. The predicted molar refractivity (Wildman–Crippen MR) is 62.8 cm³/mol. The summed E-state index contributed by atoms with van der Waals surface area (Å²) in [5.41, 5.74) is 0.255. The van der Waals surface area contributed by atoms with Gasteiger partial charge in [0.15, 0.2) is 16.8 Å². The Bertz CT molecular complexity index is 492. The van der Waals surface area contributed by atoms with Gasteiger partial charge in [-0.3, -0.25) is 0 Å². The molecular formula is C9H5BrClFN2S. The fourth-order valence-corrected chi connectivity index (χ4v) is 2.78. The summed E-state index contributed by atoms with van der Waals surface area (Å²) < 4.78 is 14.1. The zero-order valence-electron chi connectivity index (χ0n) is 7.59. The van der Waals surface area contributed by atoms with Crippen molar-refractivity contribution in [3.8, 4) is 10.7 Å². The summed E-state index contributed by atoms with van der Waals surface area (Å²) in [4.78, 5) is 8.79. The molecule has 0 amide bonds. The summed E-state index contributed by atoms with van der Waals surface area (Å²) in [5, 5.41) is 1.76. The molecule has 0 unspecified atom stereocenters. The Morgan fingerprint density at radius 2 is 2.20 bits per heavy atom. The summed E-state index contributed by atoms with van der Waals surface area (Å²) in [5.74, 6) is -0.117. The number of aromatic nitrogens is 2. The number of nitrogens with zero attached hydrogens (tertiary/aromatic N) is 2. The molecule has 15 heavy (non-hydrogen) atoms. The molecule has 0 bridgehead atoms. The third-order valence-corrected chi connectivity index (χ3v) is 3.88. The molecule has 0 spiro atoms. The van der Waals surface area contributed by atoms with Crippen LogP contribution in [0.25, 0.3) is 10.7 Å². The van der Waals surface area contributed by atoms with E-state index in [0.717, 1.165) is 9.35 Å². The van der Waals surface area contributed by atoms with Crippen LogP contribution in [0.3, 0.4) is 0 Å². The van der Waals surface area contributed by atoms with E-state index in [9.17, 15) is 4.39 Å². The molecule has 6 heteroatoms. The van der Waals surface area contributed by atoms with Gasteiger partial charge in [0.05, 0.1) is 10.6 Å². The minimum atomic E-state index is -0.562. The summed E-state index contributed by atoms with van der Waals surface area (Å²) in [6, 6.07) is 1.88. The highest BCUT2D eigenvalue weighted by Gasteiger charge is 2.13. The van der Waals surface area contributed by atoms with E-state index in [1.807, 2.05) is 11.4 Å². The second-order valence-electron chi connectivity index (χ2n) is 2.84. The van der Waals surface area contributed by atoms with Crippen molar-refractivity contribution in [1.82, 2.24) is 9.97 Å². The molecule has 2 aromatic heterocycles. The first-order chi connectivity index (χ1) is 7.09. The third-order valence-electron chi connectivity index (χ3n) is 1.80. The maximum atomic E-state index is 13.2. The van der Waals surface area contributed by atoms with E-state index < -0.39 is 5.82 Å². The lowest BCUT2D eigenvalue weighted by Gasteiger charge is -2.02. The van der Waals surface area contributed by atoms with Gasteiger partial charge in [-0.15, -0.1) is 11.3 Å². The summed E-state index contributed by atoms with van der Waals surface area (Å²) in [6.07, 6.45) is 0. The molecule has 2 nitrogen and oxygen atoms in total. The zero-order chi connectivity index (χ0) is 11.0. The second kappa shape index (κ2) is 4.15. The molecule has 2 aromatic rings. The van der Waals surface area contributed by atoms with Crippen LogP contribution in [0.5, 0.6) is 0 Å². The molecule has 2 rings (SSSR count). The summed E-state index contributed by atoms with van der Waals surface area (Å²) in [7, 11) is 0. The maximum Gasteiger partial charge on any atom is 0.181 e. The average molecular weight is 308 g/mol. The van der Waals surface area contributed by atoms with Crippen molar-refractivity contribution in [2.75, 3.05) is 0 Å². The molecule has 0 radical (unpaired) electrons. The number of hydrogen-bond acceptors (Lipinski definition) is 3. The molecule has 0 saturated carbocycles. The highest BCUT2D eigenvalue weighted by atomic mass is 79.9. The van der Waals surface area contributed by atoms with Gasteiger partial charge in [0.1, 0.15) is 0 Å². The van der Waals surface area contributed by atoms with Crippen LogP contribution < -0.4 is 0 Å². The van der Waals surface area contributed by atoms with E-state index in [2.05, 4.69) is 25.9 Å². The molecule has 0 aliphatic carbocycles. The van der Waals surface area contributed by atoms with E-state index in [4.69, 9.17) is 11.6 Å². The lowest BCUT2D eigenvalue weighted by molar-refractivity contribution is 0.603. The Labute approximate surface area is 103 Å². The predicted octanol–water partition coefficient (Wildman–Crippen LogP) is 4.07. The largest absolute Gasteiger partial charge is 0.229 e. The van der Waals surface area contributed by atoms with Gasteiger partial charge in [-0.05, 0) is 34.3 Å². The topological polar surface area (TPSA) is 25.8 Å². The van der Waals surface area contributed by atoms with Crippen LogP contribution in [0.15, 0.2) is 15.9 Å². The van der Waals surface area contributed by atoms with E-state index in [-0.39, 0.29) is 10.8 Å². The van der Waals surface area contributed by atoms with Crippen LogP contribution in [0, 0.1) is 12.7 Å². The van der Waals surface area contributed by atoms with Crippen molar-refractivity contribution >= 4 is 38.9 Å². The van der Waals surface area contributed by atoms with Crippen molar-refractivity contribution in [3.63, 3.8) is 0 Å². The first-order valence-electron chi connectivity index (χ1n) is 4.02. The minimum Gasteiger partial charge on any atom is -0.229 e. The molecule has 0 aliphatic rings. The highest BCUT2D eigenvalue weighted by molar-refractivity contribution is 9.10. The Hall–Kier alpha value is -0.520. The quantitative estimate of drug-likeness (QED) is 0.742. The minimum absolute atomic E-state index is 0.141. The molecule has 0 fully saturated rings. The van der Waals surface area contributed by atoms with Gasteiger partial charge in [0.25, 0.3) is 0 Å². The highest BCUT2D eigenvalue weighted by Crippen LogP contribution is 2.32. The van der Waals surface area contributed by atoms with Crippen molar-refractivity contribution < 1.29 is 4.39 Å². The van der Waals surface area contributed by atoms with Gasteiger partial charge in [0.2, 0.25) is 0 Å². The standard InChI is InChI=1S/C9H5BrClFN2S/c1-4-6(12)8(11)14-9(13-4)7-5(10)2-3-15-7/h2-3H,1H3. The number of rotatable bonds is 1. The lowest BCUT2D eigenvalue weighted by Crippen LogP contribution is -1.96. The Balaban J connectivity index is 2.60.